The fraction of sp³-hybridized carbons (Fsp3) is 0.588. The quantitative estimate of drug-likeness (QED) is 0.830. The molecule has 0 unspecified atom stereocenters. The summed E-state index contributed by atoms with van der Waals surface area (Å²) in [6, 6.07) is 10.3. The number of nitrogens with zero attached hydrogens (tertiary/aromatic N) is 1. The normalized spacial score (nSPS) is 20.5. The number of ether oxygens (including phenoxy) is 2. The fourth-order valence-corrected chi connectivity index (χ4v) is 3.07. The van der Waals surface area contributed by atoms with Crippen molar-refractivity contribution < 1.29 is 14.3 Å². The molecular formula is C17H24N2O3. The second kappa shape index (κ2) is 7.22. The standard InChI is InChI=1S/C17H24N2O3/c20-16(14-18-9-6-15-4-2-1-3-5-15)19-10-7-17(8-11-19)21-12-13-22-17/h1-5,18H,6-14H2. The average Bonchev–Trinajstić information content (AvgIpc) is 3.01. The van der Waals surface area contributed by atoms with Crippen molar-refractivity contribution in [3.8, 4) is 0 Å². The zero-order chi connectivity index (χ0) is 15.3. The molecule has 0 aromatic heterocycles. The third-order valence-corrected chi connectivity index (χ3v) is 4.40. The van der Waals surface area contributed by atoms with Crippen molar-refractivity contribution in [2.75, 3.05) is 39.4 Å². The number of carbonyl (C=O) groups excluding carboxylic acids is 1. The van der Waals surface area contributed by atoms with E-state index in [0.29, 0.717) is 19.8 Å². The predicted molar refractivity (Wildman–Crippen MR) is 83.5 cm³/mol. The van der Waals surface area contributed by atoms with Crippen LogP contribution in [0, 0.1) is 0 Å². The fourth-order valence-electron chi connectivity index (χ4n) is 3.07. The van der Waals surface area contributed by atoms with Crippen molar-refractivity contribution in [2.45, 2.75) is 25.0 Å². The molecule has 1 amide bonds. The summed E-state index contributed by atoms with van der Waals surface area (Å²) < 4.78 is 11.4. The van der Waals surface area contributed by atoms with Gasteiger partial charge < -0.3 is 19.7 Å². The maximum absolute atomic E-state index is 12.2. The SMILES string of the molecule is O=C(CNCCc1ccccc1)N1CCC2(CC1)OCCO2. The average molecular weight is 304 g/mol. The molecule has 1 aromatic rings. The second-order valence-electron chi connectivity index (χ2n) is 5.90. The Balaban J connectivity index is 1.34. The zero-order valence-corrected chi connectivity index (χ0v) is 12.9. The first-order valence-electron chi connectivity index (χ1n) is 8.08. The van der Waals surface area contributed by atoms with E-state index in [9.17, 15) is 4.79 Å². The minimum absolute atomic E-state index is 0.168. The molecule has 5 nitrogen and oxygen atoms in total. The van der Waals surface area contributed by atoms with Crippen molar-refractivity contribution in [3.05, 3.63) is 35.9 Å². The molecule has 2 aliphatic rings. The van der Waals surface area contributed by atoms with E-state index in [1.165, 1.54) is 5.56 Å². The summed E-state index contributed by atoms with van der Waals surface area (Å²) in [6.45, 7) is 4.02. The molecule has 2 aliphatic heterocycles. The minimum atomic E-state index is -0.405. The highest BCUT2D eigenvalue weighted by atomic mass is 16.7. The number of likely N-dealkylation sites (tertiary alicyclic amines) is 1. The summed E-state index contributed by atoms with van der Waals surface area (Å²) in [6.07, 6.45) is 2.50. The molecule has 2 heterocycles. The molecule has 22 heavy (non-hydrogen) atoms. The molecule has 120 valence electrons. The number of benzene rings is 1. The Morgan fingerprint density at radius 1 is 1.14 bits per heavy atom. The molecule has 0 atom stereocenters. The van der Waals surface area contributed by atoms with E-state index < -0.39 is 5.79 Å². The monoisotopic (exact) mass is 304 g/mol. The summed E-state index contributed by atoms with van der Waals surface area (Å²) in [7, 11) is 0. The molecule has 3 rings (SSSR count). The van der Waals surface area contributed by atoms with Crippen LogP contribution in [0.1, 0.15) is 18.4 Å². The van der Waals surface area contributed by atoms with Gasteiger partial charge in [0, 0.05) is 25.9 Å². The van der Waals surface area contributed by atoms with Crippen molar-refractivity contribution in [3.63, 3.8) is 0 Å². The smallest absolute Gasteiger partial charge is 0.236 e. The van der Waals surface area contributed by atoms with E-state index >= 15 is 0 Å². The lowest BCUT2D eigenvalue weighted by Gasteiger charge is -2.37. The van der Waals surface area contributed by atoms with Crippen LogP contribution in [0.3, 0.4) is 0 Å². The van der Waals surface area contributed by atoms with Crippen molar-refractivity contribution in [1.29, 1.82) is 0 Å². The lowest BCUT2D eigenvalue weighted by atomic mass is 10.0. The van der Waals surface area contributed by atoms with Crippen LogP contribution in [0.2, 0.25) is 0 Å². The van der Waals surface area contributed by atoms with Crippen molar-refractivity contribution in [2.24, 2.45) is 0 Å². The van der Waals surface area contributed by atoms with Gasteiger partial charge in [0.2, 0.25) is 5.91 Å². The van der Waals surface area contributed by atoms with Crippen LogP contribution in [0.25, 0.3) is 0 Å². The number of hydrogen-bond acceptors (Lipinski definition) is 4. The first-order chi connectivity index (χ1) is 10.8. The van der Waals surface area contributed by atoms with E-state index in [1.807, 2.05) is 23.1 Å². The van der Waals surface area contributed by atoms with Crippen molar-refractivity contribution in [1.82, 2.24) is 10.2 Å². The maximum Gasteiger partial charge on any atom is 0.236 e. The molecule has 1 N–H and O–H groups in total. The van der Waals surface area contributed by atoms with E-state index in [2.05, 4.69) is 17.4 Å². The Hall–Kier alpha value is -1.43. The first-order valence-corrected chi connectivity index (χ1v) is 8.08. The van der Waals surface area contributed by atoms with Gasteiger partial charge in [0.25, 0.3) is 0 Å². The van der Waals surface area contributed by atoms with Gasteiger partial charge in [-0.05, 0) is 18.5 Å². The predicted octanol–water partition coefficient (Wildman–Crippen LogP) is 1.18. The summed E-state index contributed by atoms with van der Waals surface area (Å²) in [5.41, 5.74) is 1.29. The Morgan fingerprint density at radius 3 is 2.50 bits per heavy atom. The maximum atomic E-state index is 12.2. The van der Waals surface area contributed by atoms with Crippen LogP contribution < -0.4 is 5.32 Å². The third-order valence-electron chi connectivity index (χ3n) is 4.40. The van der Waals surface area contributed by atoms with Crippen LogP contribution in [0.5, 0.6) is 0 Å². The second-order valence-corrected chi connectivity index (χ2v) is 5.90. The summed E-state index contributed by atoms with van der Waals surface area (Å²) in [5.74, 6) is -0.238. The molecule has 0 aliphatic carbocycles. The number of rotatable bonds is 5. The van der Waals surface area contributed by atoms with Crippen LogP contribution in [-0.4, -0.2) is 56.0 Å². The number of piperidine rings is 1. The van der Waals surface area contributed by atoms with E-state index in [0.717, 1.165) is 38.9 Å². The Labute approximate surface area is 131 Å². The minimum Gasteiger partial charge on any atom is -0.347 e. The van der Waals surface area contributed by atoms with Gasteiger partial charge in [-0.25, -0.2) is 0 Å². The number of amides is 1. The van der Waals surface area contributed by atoms with Gasteiger partial charge in [0.1, 0.15) is 0 Å². The lowest BCUT2D eigenvalue weighted by Crippen LogP contribution is -2.49. The summed E-state index contributed by atoms with van der Waals surface area (Å²) in [4.78, 5) is 14.1. The van der Waals surface area contributed by atoms with E-state index in [-0.39, 0.29) is 5.91 Å². The highest BCUT2D eigenvalue weighted by Gasteiger charge is 2.40. The van der Waals surface area contributed by atoms with Gasteiger partial charge in [0.05, 0.1) is 19.8 Å². The molecule has 0 bridgehead atoms. The van der Waals surface area contributed by atoms with Crippen LogP contribution in [-0.2, 0) is 20.7 Å². The topological polar surface area (TPSA) is 50.8 Å². The van der Waals surface area contributed by atoms with Crippen LogP contribution >= 0.6 is 0 Å². The number of nitrogens with one attached hydrogen (secondary N) is 1. The Morgan fingerprint density at radius 2 is 1.82 bits per heavy atom. The number of hydrogen-bond donors (Lipinski definition) is 1. The Bertz CT molecular complexity index is 476. The zero-order valence-electron chi connectivity index (χ0n) is 12.9. The summed E-state index contributed by atoms with van der Waals surface area (Å²) in [5, 5.41) is 3.24. The molecule has 0 radical (unpaired) electrons. The van der Waals surface area contributed by atoms with Gasteiger partial charge in [-0.1, -0.05) is 30.3 Å². The van der Waals surface area contributed by atoms with Crippen LogP contribution in [0.4, 0.5) is 0 Å². The van der Waals surface area contributed by atoms with Gasteiger partial charge in [-0.2, -0.15) is 0 Å². The highest BCUT2D eigenvalue weighted by Crippen LogP contribution is 2.31. The molecular weight excluding hydrogens is 280 g/mol. The number of carbonyl (C=O) groups is 1. The first kappa shape index (κ1) is 15.5. The van der Waals surface area contributed by atoms with Gasteiger partial charge >= 0.3 is 0 Å². The molecule has 5 heteroatoms. The van der Waals surface area contributed by atoms with Crippen molar-refractivity contribution >= 4 is 5.91 Å². The van der Waals surface area contributed by atoms with Gasteiger partial charge in [0.15, 0.2) is 5.79 Å². The largest absolute Gasteiger partial charge is 0.347 e. The molecule has 1 aromatic carbocycles. The molecule has 1 spiro atoms. The van der Waals surface area contributed by atoms with Gasteiger partial charge in [-0.15, -0.1) is 0 Å². The van der Waals surface area contributed by atoms with Crippen LogP contribution in [0.15, 0.2) is 30.3 Å². The lowest BCUT2D eigenvalue weighted by molar-refractivity contribution is -0.187. The third kappa shape index (κ3) is 3.85. The molecule has 2 saturated heterocycles. The Kier molecular flexibility index (Phi) is 5.08. The molecule has 0 saturated carbocycles. The summed E-state index contributed by atoms with van der Waals surface area (Å²) >= 11 is 0. The highest BCUT2D eigenvalue weighted by molar-refractivity contribution is 5.78. The van der Waals surface area contributed by atoms with E-state index in [4.69, 9.17) is 9.47 Å². The molecule has 2 fully saturated rings. The van der Waals surface area contributed by atoms with E-state index in [1.54, 1.807) is 0 Å². The van der Waals surface area contributed by atoms with Gasteiger partial charge in [-0.3, -0.25) is 4.79 Å².